The van der Waals surface area contributed by atoms with Gasteiger partial charge in [0, 0.05) is 18.3 Å². The summed E-state index contributed by atoms with van der Waals surface area (Å²) in [5.74, 6) is -1.85. The lowest BCUT2D eigenvalue weighted by atomic mass is 10.1. The summed E-state index contributed by atoms with van der Waals surface area (Å²) >= 11 is 0. The predicted octanol–water partition coefficient (Wildman–Crippen LogP) is 2.55. The number of pyridine rings is 1. The molecule has 1 saturated carbocycles. The molecule has 1 fully saturated rings. The Balaban J connectivity index is 2.15. The van der Waals surface area contributed by atoms with Crippen molar-refractivity contribution in [3.05, 3.63) is 29.6 Å². The number of nitrogens with zero attached hydrogens (tertiary/aromatic N) is 1. The lowest BCUT2D eigenvalue weighted by Crippen LogP contribution is -2.35. The van der Waals surface area contributed by atoms with Gasteiger partial charge < -0.3 is 0 Å². The molecule has 1 aliphatic carbocycles. The topological polar surface area (TPSA) is 59.1 Å². The Labute approximate surface area is 113 Å². The van der Waals surface area contributed by atoms with Crippen molar-refractivity contribution < 1.29 is 22.8 Å². The fourth-order valence-electron chi connectivity index (χ4n) is 2.29. The third-order valence-corrected chi connectivity index (χ3v) is 3.33. The molecule has 0 unspecified atom stereocenters. The highest BCUT2D eigenvalue weighted by atomic mass is 19.4. The first-order valence-corrected chi connectivity index (χ1v) is 6.26. The number of alkyl halides is 3. The third kappa shape index (κ3) is 3.15. The van der Waals surface area contributed by atoms with Gasteiger partial charge in [-0.05, 0) is 18.9 Å². The van der Waals surface area contributed by atoms with Crippen LogP contribution in [0, 0.1) is 5.92 Å². The van der Waals surface area contributed by atoms with Crippen molar-refractivity contribution in [2.75, 3.05) is 0 Å². The number of nitrogens with one attached hydrogen (secondary N) is 1. The molecule has 0 spiro atoms. The molecule has 20 heavy (non-hydrogen) atoms. The fraction of sp³-hybridized carbons (Fsp3) is 0.462. The van der Waals surface area contributed by atoms with Crippen LogP contribution in [0.5, 0.6) is 0 Å². The Bertz CT molecular complexity index is 523. The van der Waals surface area contributed by atoms with Crippen LogP contribution in [0.25, 0.3) is 0 Å². The van der Waals surface area contributed by atoms with E-state index in [0.717, 1.165) is 31.3 Å². The summed E-state index contributed by atoms with van der Waals surface area (Å²) in [5, 5.41) is 2.03. The molecular weight excluding hydrogens is 273 g/mol. The van der Waals surface area contributed by atoms with Crippen molar-refractivity contribution in [3.8, 4) is 0 Å². The highest BCUT2D eigenvalue weighted by Gasteiger charge is 2.36. The number of carbonyl (C=O) groups is 2. The minimum Gasteiger partial charge on any atom is -0.292 e. The summed E-state index contributed by atoms with van der Waals surface area (Å²) in [6, 6.07) is 0.717. The van der Waals surface area contributed by atoms with E-state index in [0.29, 0.717) is 12.8 Å². The van der Waals surface area contributed by atoms with Crippen molar-refractivity contribution in [1.29, 1.82) is 0 Å². The van der Waals surface area contributed by atoms with E-state index in [-0.39, 0.29) is 5.92 Å². The predicted molar refractivity (Wildman–Crippen MR) is 63.7 cm³/mol. The monoisotopic (exact) mass is 286 g/mol. The zero-order chi connectivity index (χ0) is 14.8. The van der Waals surface area contributed by atoms with Crippen molar-refractivity contribution in [2.24, 2.45) is 5.92 Å². The van der Waals surface area contributed by atoms with Gasteiger partial charge in [0.1, 0.15) is 0 Å². The molecule has 0 atom stereocenters. The molecule has 0 radical (unpaired) electrons. The molecule has 1 aliphatic rings. The van der Waals surface area contributed by atoms with Crippen LogP contribution in [0.4, 0.5) is 13.2 Å². The Kier molecular flexibility index (Phi) is 4.06. The quantitative estimate of drug-likeness (QED) is 0.850. The first-order valence-electron chi connectivity index (χ1n) is 6.26. The van der Waals surface area contributed by atoms with E-state index in [1.807, 2.05) is 5.32 Å². The van der Waals surface area contributed by atoms with E-state index in [9.17, 15) is 22.8 Å². The van der Waals surface area contributed by atoms with E-state index >= 15 is 0 Å². The third-order valence-electron chi connectivity index (χ3n) is 3.33. The Hall–Kier alpha value is -1.92. The van der Waals surface area contributed by atoms with E-state index < -0.39 is 29.1 Å². The van der Waals surface area contributed by atoms with E-state index in [1.165, 1.54) is 0 Å². The molecule has 4 nitrogen and oxygen atoms in total. The molecule has 0 bridgehead atoms. The van der Waals surface area contributed by atoms with Crippen LogP contribution >= 0.6 is 0 Å². The van der Waals surface area contributed by atoms with E-state index in [2.05, 4.69) is 4.98 Å². The molecule has 0 aromatic carbocycles. The molecule has 1 aromatic heterocycles. The zero-order valence-electron chi connectivity index (χ0n) is 10.5. The second kappa shape index (κ2) is 5.60. The van der Waals surface area contributed by atoms with Crippen LogP contribution < -0.4 is 5.32 Å². The molecular formula is C13H13F3N2O2. The number of carbonyl (C=O) groups excluding carboxylic acids is 2. The zero-order valence-corrected chi connectivity index (χ0v) is 10.5. The molecule has 1 N–H and O–H groups in total. The van der Waals surface area contributed by atoms with Crippen LogP contribution in [-0.4, -0.2) is 16.8 Å². The number of amides is 2. The summed E-state index contributed by atoms with van der Waals surface area (Å²) in [6.07, 6.45) is 0.237. The van der Waals surface area contributed by atoms with Crippen molar-refractivity contribution in [1.82, 2.24) is 10.3 Å². The molecule has 2 rings (SSSR count). The molecule has 0 saturated heterocycles. The minimum absolute atomic E-state index is 0.287. The van der Waals surface area contributed by atoms with Gasteiger partial charge in [-0.25, -0.2) is 0 Å². The van der Waals surface area contributed by atoms with Gasteiger partial charge >= 0.3 is 6.18 Å². The first kappa shape index (κ1) is 14.5. The van der Waals surface area contributed by atoms with Gasteiger partial charge in [0.05, 0.1) is 11.1 Å². The second-order valence-electron chi connectivity index (χ2n) is 4.72. The minimum atomic E-state index is -4.66. The Morgan fingerprint density at radius 3 is 2.50 bits per heavy atom. The number of imide groups is 1. The maximum absolute atomic E-state index is 12.8. The smallest absolute Gasteiger partial charge is 0.292 e. The number of rotatable bonds is 2. The van der Waals surface area contributed by atoms with Crippen molar-refractivity contribution in [3.63, 3.8) is 0 Å². The lowest BCUT2D eigenvalue weighted by molar-refractivity contribution is -0.138. The lowest BCUT2D eigenvalue weighted by Gasteiger charge is -2.13. The number of aromatic nitrogens is 1. The van der Waals surface area contributed by atoms with Crippen molar-refractivity contribution in [2.45, 2.75) is 31.9 Å². The molecule has 1 heterocycles. The van der Waals surface area contributed by atoms with Gasteiger partial charge in [0.25, 0.3) is 5.91 Å². The van der Waals surface area contributed by atoms with Gasteiger partial charge in [0.2, 0.25) is 5.91 Å². The van der Waals surface area contributed by atoms with Gasteiger partial charge in [-0.2, -0.15) is 13.2 Å². The number of halogens is 3. The van der Waals surface area contributed by atoms with Crippen LogP contribution in [0.2, 0.25) is 0 Å². The first-order chi connectivity index (χ1) is 9.39. The maximum Gasteiger partial charge on any atom is 0.417 e. The average Bonchev–Trinajstić information content (AvgIpc) is 2.91. The molecule has 7 heteroatoms. The largest absolute Gasteiger partial charge is 0.417 e. The molecule has 1 aromatic rings. The average molecular weight is 286 g/mol. The van der Waals surface area contributed by atoms with Gasteiger partial charge in [-0.3, -0.25) is 19.9 Å². The van der Waals surface area contributed by atoms with Crippen LogP contribution in [-0.2, 0) is 11.0 Å². The van der Waals surface area contributed by atoms with Crippen LogP contribution in [0.3, 0.4) is 0 Å². The van der Waals surface area contributed by atoms with Gasteiger partial charge in [-0.15, -0.1) is 0 Å². The van der Waals surface area contributed by atoms with Crippen LogP contribution in [0.1, 0.15) is 41.6 Å². The molecule has 108 valence electrons. The standard InChI is InChI=1S/C13H13F3N2O2/c14-13(15,16)10-5-6-17-7-9(10)12(20)18-11(19)8-3-1-2-4-8/h5-8H,1-4H2,(H,18,19,20). The highest BCUT2D eigenvalue weighted by molar-refractivity contribution is 6.06. The highest BCUT2D eigenvalue weighted by Crippen LogP contribution is 2.31. The number of hydrogen-bond acceptors (Lipinski definition) is 3. The van der Waals surface area contributed by atoms with Crippen molar-refractivity contribution >= 4 is 11.8 Å². The van der Waals surface area contributed by atoms with E-state index in [1.54, 1.807) is 0 Å². The summed E-state index contributed by atoms with van der Waals surface area (Å²) < 4.78 is 38.3. The summed E-state index contributed by atoms with van der Waals surface area (Å²) in [5.41, 5.74) is -1.73. The molecule has 0 aliphatic heterocycles. The van der Waals surface area contributed by atoms with Gasteiger partial charge in [0.15, 0.2) is 0 Å². The Morgan fingerprint density at radius 2 is 1.90 bits per heavy atom. The summed E-state index contributed by atoms with van der Waals surface area (Å²) in [4.78, 5) is 27.1. The van der Waals surface area contributed by atoms with Gasteiger partial charge in [-0.1, -0.05) is 12.8 Å². The number of hydrogen-bond donors (Lipinski definition) is 1. The normalized spacial score (nSPS) is 16.1. The fourth-order valence-corrected chi connectivity index (χ4v) is 2.29. The van der Waals surface area contributed by atoms with Crippen LogP contribution in [0.15, 0.2) is 18.5 Å². The summed E-state index contributed by atoms with van der Waals surface area (Å²) in [7, 11) is 0. The second-order valence-corrected chi connectivity index (χ2v) is 4.72. The molecule has 2 amide bonds. The SMILES string of the molecule is O=C(NC(=O)C1CCCC1)c1cnccc1C(F)(F)F. The maximum atomic E-state index is 12.8. The summed E-state index contributed by atoms with van der Waals surface area (Å²) in [6.45, 7) is 0. The Morgan fingerprint density at radius 1 is 1.25 bits per heavy atom. The van der Waals surface area contributed by atoms with E-state index in [4.69, 9.17) is 0 Å².